The molecule has 0 aliphatic heterocycles. The Kier molecular flexibility index (Phi) is 2.07. The first-order valence-electron chi connectivity index (χ1n) is 1.21. The van der Waals surface area contributed by atoms with E-state index in [2.05, 4.69) is 0 Å². The van der Waals surface area contributed by atoms with E-state index in [4.69, 9.17) is 4.55 Å². The number of rotatable bonds is 1. The minimum absolute atomic E-state index is 1.85. The maximum absolute atomic E-state index is 9.44. The van der Waals surface area contributed by atoms with Gasteiger partial charge in [-0.2, -0.15) is 16.8 Å². The van der Waals surface area contributed by atoms with Crippen molar-refractivity contribution in [3.63, 3.8) is 0 Å². The Balaban J connectivity index is 4.93. The summed E-state index contributed by atoms with van der Waals surface area (Å²) >= 11 is 0. The standard InChI is InChI=1S/HNO5S2/c2-7(3)1-8(4,5)6/h(H,4,5,6). The number of hydrogen-bond donors (Lipinski definition) is 1. The highest BCUT2D eigenvalue weighted by molar-refractivity contribution is 7.89. The second-order valence-electron chi connectivity index (χ2n) is 0.739. The summed E-state index contributed by atoms with van der Waals surface area (Å²) in [7, 11) is -7.81. The van der Waals surface area contributed by atoms with Crippen molar-refractivity contribution >= 4 is 20.8 Å². The Labute approximate surface area is 46.7 Å². The number of hydrogen-bond acceptors (Lipinski definition) is 4. The lowest BCUT2D eigenvalue weighted by atomic mass is 13.9. The van der Waals surface area contributed by atoms with E-state index < -0.39 is 20.8 Å². The van der Waals surface area contributed by atoms with Gasteiger partial charge in [0, 0.05) is 0 Å². The van der Waals surface area contributed by atoms with Crippen molar-refractivity contribution in [2.24, 2.45) is 3.77 Å². The second-order valence-corrected chi connectivity index (χ2v) is 2.67. The Bertz CT molecular complexity index is 268. The van der Waals surface area contributed by atoms with Gasteiger partial charge in [-0.05, 0) is 3.77 Å². The smallest absolute Gasteiger partial charge is 0.267 e. The molecule has 48 valence electrons. The predicted molar refractivity (Wildman–Crippen MR) is 22.9 cm³/mol. The first-order chi connectivity index (χ1) is 3.42. The first-order valence-corrected chi connectivity index (χ1v) is 3.64. The predicted octanol–water partition coefficient (Wildman–Crippen LogP) is -1.15. The van der Waals surface area contributed by atoms with Crippen LogP contribution < -0.4 is 0 Å². The number of nitrogens with zero attached hydrogens (tertiary/aromatic N) is 1. The zero-order valence-corrected chi connectivity index (χ0v) is 4.98. The van der Waals surface area contributed by atoms with Crippen molar-refractivity contribution in [1.82, 2.24) is 0 Å². The summed E-state index contributed by atoms with van der Waals surface area (Å²) in [6.45, 7) is 0. The molecule has 0 bridgehead atoms. The molecule has 1 N–H and O–H groups in total. The van der Waals surface area contributed by atoms with Crippen LogP contribution in [0.4, 0.5) is 0 Å². The zero-order chi connectivity index (χ0) is 6.78. The van der Waals surface area contributed by atoms with Crippen LogP contribution in [0.3, 0.4) is 0 Å². The lowest BCUT2D eigenvalue weighted by molar-refractivity contribution is 0.485. The highest BCUT2D eigenvalue weighted by atomic mass is 32.3. The summed E-state index contributed by atoms with van der Waals surface area (Å²) < 4.78 is 46.9. The molecular weight excluding hydrogens is 158 g/mol. The van der Waals surface area contributed by atoms with Crippen molar-refractivity contribution in [3.05, 3.63) is 0 Å². The lowest BCUT2D eigenvalue weighted by Crippen LogP contribution is -1.88. The van der Waals surface area contributed by atoms with E-state index in [0.29, 0.717) is 0 Å². The monoisotopic (exact) mass is 159 g/mol. The molecule has 8 heavy (non-hydrogen) atoms. The maximum atomic E-state index is 9.44. The largest absolute Gasteiger partial charge is 0.392 e. The lowest BCUT2D eigenvalue weighted by Gasteiger charge is -1.71. The van der Waals surface area contributed by atoms with Gasteiger partial charge in [-0.15, -0.1) is 0 Å². The van der Waals surface area contributed by atoms with E-state index in [-0.39, 0.29) is 0 Å². The van der Waals surface area contributed by atoms with Gasteiger partial charge in [-0.1, -0.05) is 0 Å². The minimum atomic E-state index is -4.71. The minimum Gasteiger partial charge on any atom is -0.267 e. The molecule has 8 heteroatoms. The van der Waals surface area contributed by atoms with Gasteiger partial charge in [0.15, 0.2) is 0 Å². The molecule has 0 aromatic rings. The van der Waals surface area contributed by atoms with E-state index in [1.54, 1.807) is 0 Å². The molecule has 0 heterocycles. The fourth-order valence-corrected chi connectivity index (χ4v) is 0.692. The van der Waals surface area contributed by atoms with Gasteiger partial charge >= 0.3 is 20.8 Å². The van der Waals surface area contributed by atoms with Crippen LogP contribution in [0.25, 0.3) is 0 Å². The molecule has 0 aliphatic carbocycles. The second kappa shape index (κ2) is 2.20. The van der Waals surface area contributed by atoms with E-state index in [9.17, 15) is 16.8 Å². The van der Waals surface area contributed by atoms with Crippen LogP contribution in [0.1, 0.15) is 0 Å². The van der Waals surface area contributed by atoms with E-state index in [0.717, 1.165) is 0 Å². The average Bonchev–Trinajstić information content (AvgIpc) is 1.21. The SMILES string of the molecule is O=S(=O)=NS(=O)(=O)O. The average molecular weight is 159 g/mol. The van der Waals surface area contributed by atoms with Crippen molar-refractivity contribution in [1.29, 1.82) is 0 Å². The molecule has 0 aliphatic rings. The van der Waals surface area contributed by atoms with Crippen LogP contribution in [0, 0.1) is 0 Å². The third kappa shape index (κ3) is 5.53. The topological polar surface area (TPSA) is 101 Å². The van der Waals surface area contributed by atoms with Crippen LogP contribution >= 0.6 is 0 Å². The van der Waals surface area contributed by atoms with Gasteiger partial charge in [-0.25, -0.2) is 0 Å². The highest BCUT2D eigenvalue weighted by Gasteiger charge is 1.96. The first kappa shape index (κ1) is 7.53. The van der Waals surface area contributed by atoms with Gasteiger partial charge in [0.25, 0.3) is 0 Å². The summed E-state index contributed by atoms with van der Waals surface area (Å²) in [6.07, 6.45) is 0. The molecule has 0 amide bonds. The maximum Gasteiger partial charge on any atom is 0.392 e. The quantitative estimate of drug-likeness (QED) is 0.487. The van der Waals surface area contributed by atoms with Gasteiger partial charge in [-0.3, -0.25) is 4.55 Å². The molecular formula is HNO5S2. The molecule has 0 radical (unpaired) electrons. The van der Waals surface area contributed by atoms with E-state index >= 15 is 0 Å². The molecule has 0 saturated carbocycles. The molecule has 0 aromatic heterocycles. The Morgan fingerprint density at radius 2 is 1.75 bits per heavy atom. The molecule has 0 rings (SSSR count). The third-order valence-electron chi connectivity index (χ3n) is 0.155. The van der Waals surface area contributed by atoms with E-state index in [1.807, 2.05) is 3.77 Å². The van der Waals surface area contributed by atoms with Crippen LogP contribution in [0.15, 0.2) is 3.77 Å². The van der Waals surface area contributed by atoms with Gasteiger partial charge < -0.3 is 0 Å². The molecule has 0 saturated heterocycles. The third-order valence-corrected chi connectivity index (χ3v) is 1.40. The molecule has 0 spiro atoms. The summed E-state index contributed by atoms with van der Waals surface area (Å²) in [5.41, 5.74) is 0. The highest BCUT2D eigenvalue weighted by Crippen LogP contribution is 1.78. The van der Waals surface area contributed by atoms with Crippen molar-refractivity contribution in [2.75, 3.05) is 0 Å². The van der Waals surface area contributed by atoms with Crippen molar-refractivity contribution in [3.8, 4) is 0 Å². The van der Waals surface area contributed by atoms with Gasteiger partial charge in [0.05, 0.1) is 0 Å². The molecule has 0 fully saturated rings. The molecule has 0 aromatic carbocycles. The molecule has 0 atom stereocenters. The van der Waals surface area contributed by atoms with Crippen LogP contribution in [-0.2, 0) is 20.8 Å². The summed E-state index contributed by atoms with van der Waals surface area (Å²) in [6, 6.07) is 0. The van der Waals surface area contributed by atoms with Crippen molar-refractivity contribution in [2.45, 2.75) is 0 Å². The molecule has 6 nitrogen and oxygen atoms in total. The van der Waals surface area contributed by atoms with Crippen LogP contribution in [-0.4, -0.2) is 21.4 Å². The molecule has 0 unspecified atom stereocenters. The van der Waals surface area contributed by atoms with Gasteiger partial charge in [0.1, 0.15) is 0 Å². The fraction of sp³-hybridized carbons (Fsp3) is 0. The van der Waals surface area contributed by atoms with E-state index in [1.165, 1.54) is 0 Å². The fourth-order valence-electron chi connectivity index (χ4n) is 0.0769. The normalized spacial score (nSPS) is 10.6. The van der Waals surface area contributed by atoms with Crippen molar-refractivity contribution < 1.29 is 21.4 Å². The Hall–Kier alpha value is -0.470. The van der Waals surface area contributed by atoms with Crippen LogP contribution in [0.2, 0.25) is 0 Å². The Morgan fingerprint density at radius 3 is 1.75 bits per heavy atom. The summed E-state index contributed by atoms with van der Waals surface area (Å²) in [4.78, 5) is 0. The summed E-state index contributed by atoms with van der Waals surface area (Å²) in [5.74, 6) is 0. The summed E-state index contributed by atoms with van der Waals surface area (Å²) in [5, 5.41) is 0. The van der Waals surface area contributed by atoms with Crippen LogP contribution in [0.5, 0.6) is 0 Å². The zero-order valence-electron chi connectivity index (χ0n) is 3.34. The Morgan fingerprint density at radius 1 is 1.38 bits per heavy atom. The van der Waals surface area contributed by atoms with Gasteiger partial charge in [0.2, 0.25) is 0 Å².